The second kappa shape index (κ2) is 6.45. The van der Waals surface area contributed by atoms with E-state index in [0.29, 0.717) is 13.2 Å². The fourth-order valence-electron chi connectivity index (χ4n) is 1.15. The van der Waals surface area contributed by atoms with Gasteiger partial charge in [-0.2, -0.15) is 0 Å². The fraction of sp³-hybridized carbons (Fsp3) is 0.250. The van der Waals surface area contributed by atoms with Crippen molar-refractivity contribution >= 4 is 21.9 Å². The lowest BCUT2D eigenvalue weighted by molar-refractivity contribution is 0.0696. The fourth-order valence-corrected chi connectivity index (χ4v) is 1.64. The average molecular weight is 285 g/mol. The van der Waals surface area contributed by atoms with Crippen molar-refractivity contribution in [2.24, 2.45) is 0 Å². The normalized spacial score (nSPS) is 10.1. The molecule has 4 heteroatoms. The lowest BCUT2D eigenvalue weighted by Gasteiger charge is -2.06. The van der Waals surface area contributed by atoms with Crippen molar-refractivity contribution in [3.63, 3.8) is 0 Å². The molecule has 0 bridgehead atoms. The van der Waals surface area contributed by atoms with Gasteiger partial charge in [-0.3, -0.25) is 0 Å². The van der Waals surface area contributed by atoms with Gasteiger partial charge in [-0.15, -0.1) is 6.58 Å². The second-order valence-electron chi connectivity index (χ2n) is 3.24. The number of carboxylic acids is 1. The summed E-state index contributed by atoms with van der Waals surface area (Å²) in [6, 6.07) is 4.90. The number of halogens is 1. The summed E-state index contributed by atoms with van der Waals surface area (Å²) in [4.78, 5) is 10.7. The van der Waals surface area contributed by atoms with E-state index in [2.05, 4.69) is 22.5 Å². The molecule has 0 aliphatic rings. The maximum Gasteiger partial charge on any atom is 0.335 e. The molecule has 1 aromatic rings. The van der Waals surface area contributed by atoms with E-state index >= 15 is 0 Å². The van der Waals surface area contributed by atoms with Gasteiger partial charge in [0.25, 0.3) is 0 Å². The van der Waals surface area contributed by atoms with Crippen LogP contribution in [0.3, 0.4) is 0 Å². The molecule has 0 saturated heterocycles. The van der Waals surface area contributed by atoms with E-state index in [9.17, 15) is 4.79 Å². The zero-order valence-corrected chi connectivity index (χ0v) is 10.4. The van der Waals surface area contributed by atoms with Crippen LogP contribution in [0.4, 0.5) is 0 Å². The van der Waals surface area contributed by atoms with Gasteiger partial charge in [0.1, 0.15) is 0 Å². The van der Waals surface area contributed by atoms with Crippen molar-refractivity contribution < 1.29 is 14.6 Å². The molecule has 0 spiro atoms. The van der Waals surface area contributed by atoms with Crippen LogP contribution in [0.25, 0.3) is 0 Å². The third-order valence-electron chi connectivity index (χ3n) is 2.02. The first-order chi connectivity index (χ1) is 7.65. The van der Waals surface area contributed by atoms with Crippen LogP contribution in [0, 0.1) is 0 Å². The number of hydrogen-bond donors (Lipinski definition) is 1. The van der Waals surface area contributed by atoms with E-state index in [4.69, 9.17) is 9.84 Å². The lowest BCUT2D eigenvalue weighted by atomic mass is 10.1. The molecule has 0 saturated carbocycles. The minimum atomic E-state index is -0.931. The van der Waals surface area contributed by atoms with Crippen molar-refractivity contribution in [3.05, 3.63) is 46.5 Å². The molecule has 0 heterocycles. The van der Waals surface area contributed by atoms with Crippen LogP contribution in [0.2, 0.25) is 0 Å². The number of ether oxygens (including phenoxy) is 1. The quantitative estimate of drug-likeness (QED) is 0.644. The molecule has 1 aromatic carbocycles. The summed E-state index contributed by atoms with van der Waals surface area (Å²) in [5.74, 6) is -0.931. The minimum Gasteiger partial charge on any atom is -0.478 e. The minimum absolute atomic E-state index is 0.265. The van der Waals surface area contributed by atoms with Crippen LogP contribution >= 0.6 is 15.9 Å². The Kier molecular flexibility index (Phi) is 5.22. The number of hydrogen-bond acceptors (Lipinski definition) is 2. The molecule has 0 unspecified atom stereocenters. The third kappa shape index (κ3) is 3.79. The van der Waals surface area contributed by atoms with Crippen LogP contribution in [0.5, 0.6) is 0 Å². The maximum absolute atomic E-state index is 10.7. The van der Waals surface area contributed by atoms with Crippen LogP contribution in [0.15, 0.2) is 35.3 Å². The zero-order chi connectivity index (χ0) is 12.0. The van der Waals surface area contributed by atoms with E-state index in [1.54, 1.807) is 24.3 Å². The summed E-state index contributed by atoms with van der Waals surface area (Å²) in [6.45, 7) is 4.69. The van der Waals surface area contributed by atoms with Crippen molar-refractivity contribution in [1.29, 1.82) is 0 Å². The molecule has 0 amide bonds. The Morgan fingerprint density at radius 3 is 2.88 bits per heavy atom. The summed E-state index contributed by atoms with van der Waals surface area (Å²) >= 11 is 3.32. The van der Waals surface area contributed by atoms with Crippen molar-refractivity contribution in [2.75, 3.05) is 6.61 Å². The van der Waals surface area contributed by atoms with Crippen molar-refractivity contribution in [3.8, 4) is 0 Å². The second-order valence-corrected chi connectivity index (χ2v) is 4.10. The zero-order valence-electron chi connectivity index (χ0n) is 8.78. The number of carbonyl (C=O) groups is 1. The van der Waals surface area contributed by atoms with Crippen LogP contribution in [-0.4, -0.2) is 17.7 Å². The van der Waals surface area contributed by atoms with E-state index in [1.807, 2.05) is 0 Å². The van der Waals surface area contributed by atoms with E-state index in [1.165, 1.54) is 0 Å². The molecule has 1 rings (SSSR count). The van der Waals surface area contributed by atoms with Gasteiger partial charge in [-0.25, -0.2) is 4.79 Å². The highest BCUT2D eigenvalue weighted by Crippen LogP contribution is 2.19. The summed E-state index contributed by atoms with van der Waals surface area (Å²) in [6.07, 6.45) is 2.60. The van der Waals surface area contributed by atoms with Gasteiger partial charge < -0.3 is 9.84 Å². The molecule has 1 N–H and O–H groups in total. The Bertz CT molecular complexity index is 388. The van der Waals surface area contributed by atoms with E-state index in [0.717, 1.165) is 16.5 Å². The van der Waals surface area contributed by atoms with Gasteiger partial charge in [0.2, 0.25) is 0 Å². The Morgan fingerprint density at radius 1 is 1.56 bits per heavy atom. The first-order valence-corrected chi connectivity index (χ1v) is 5.65. The molecule has 0 fully saturated rings. The molecule has 0 atom stereocenters. The molecule has 0 aromatic heterocycles. The van der Waals surface area contributed by atoms with Gasteiger partial charge in [0.15, 0.2) is 0 Å². The number of rotatable bonds is 6. The van der Waals surface area contributed by atoms with Crippen molar-refractivity contribution in [2.45, 2.75) is 13.0 Å². The molecule has 16 heavy (non-hydrogen) atoms. The Morgan fingerprint density at radius 2 is 2.31 bits per heavy atom. The molecular weight excluding hydrogens is 272 g/mol. The topological polar surface area (TPSA) is 46.5 Å². The highest BCUT2D eigenvalue weighted by molar-refractivity contribution is 9.10. The van der Waals surface area contributed by atoms with Gasteiger partial charge in [0.05, 0.1) is 18.8 Å². The molecule has 86 valence electrons. The van der Waals surface area contributed by atoms with Gasteiger partial charge in [0, 0.05) is 4.47 Å². The van der Waals surface area contributed by atoms with Crippen molar-refractivity contribution in [1.82, 2.24) is 0 Å². The Hall–Kier alpha value is -1.13. The van der Waals surface area contributed by atoms with Gasteiger partial charge >= 0.3 is 5.97 Å². The molecular formula is C12H13BrO3. The number of carboxylic acid groups (broad SMARTS) is 1. The molecule has 0 aliphatic heterocycles. The van der Waals surface area contributed by atoms with E-state index in [-0.39, 0.29) is 5.56 Å². The predicted octanol–water partition coefficient (Wildman–Crippen LogP) is 3.24. The molecule has 0 radical (unpaired) electrons. The van der Waals surface area contributed by atoms with Gasteiger partial charge in [-0.1, -0.05) is 28.1 Å². The Labute approximate surface area is 103 Å². The first-order valence-electron chi connectivity index (χ1n) is 4.85. The van der Waals surface area contributed by atoms with Gasteiger partial charge in [-0.05, 0) is 24.1 Å². The average Bonchev–Trinajstić information content (AvgIpc) is 2.26. The number of benzene rings is 1. The SMILES string of the molecule is C=CCCOCc1ccc(C(=O)O)cc1Br. The summed E-state index contributed by atoms with van der Waals surface area (Å²) in [7, 11) is 0. The molecule has 3 nitrogen and oxygen atoms in total. The summed E-state index contributed by atoms with van der Waals surface area (Å²) in [5.41, 5.74) is 1.20. The first kappa shape index (κ1) is 12.9. The highest BCUT2D eigenvalue weighted by Gasteiger charge is 2.06. The van der Waals surface area contributed by atoms with Crippen LogP contribution < -0.4 is 0 Å². The predicted molar refractivity (Wildman–Crippen MR) is 65.6 cm³/mol. The lowest BCUT2D eigenvalue weighted by Crippen LogP contribution is -1.99. The summed E-state index contributed by atoms with van der Waals surface area (Å²) in [5, 5.41) is 8.78. The van der Waals surface area contributed by atoms with Crippen LogP contribution in [-0.2, 0) is 11.3 Å². The smallest absolute Gasteiger partial charge is 0.335 e. The molecule has 0 aliphatic carbocycles. The Balaban J connectivity index is 2.61. The maximum atomic E-state index is 10.7. The standard InChI is InChI=1S/C12H13BrO3/c1-2-3-6-16-8-10-5-4-9(12(14)15)7-11(10)13/h2,4-5,7H,1,3,6,8H2,(H,14,15). The monoisotopic (exact) mass is 284 g/mol. The largest absolute Gasteiger partial charge is 0.478 e. The third-order valence-corrected chi connectivity index (χ3v) is 2.76. The van der Waals surface area contributed by atoms with Crippen LogP contribution in [0.1, 0.15) is 22.3 Å². The highest BCUT2D eigenvalue weighted by atomic mass is 79.9. The van der Waals surface area contributed by atoms with E-state index < -0.39 is 5.97 Å². The number of aromatic carboxylic acids is 1. The summed E-state index contributed by atoms with van der Waals surface area (Å²) < 4.78 is 6.15.